The smallest absolute Gasteiger partial charge is 0.227 e. The second-order valence-corrected chi connectivity index (χ2v) is 5.36. The zero-order valence-electron chi connectivity index (χ0n) is 12.3. The summed E-state index contributed by atoms with van der Waals surface area (Å²) in [5, 5.41) is 0. The number of carbonyl (C=O) groups is 1. The number of carbonyl (C=O) groups excluding carboxylic acids is 1. The van der Waals surface area contributed by atoms with Gasteiger partial charge in [-0.1, -0.05) is 12.1 Å². The van der Waals surface area contributed by atoms with Gasteiger partial charge in [-0.25, -0.2) is 4.98 Å². The van der Waals surface area contributed by atoms with E-state index in [4.69, 9.17) is 4.74 Å². The van der Waals surface area contributed by atoms with Crippen molar-refractivity contribution in [2.45, 2.75) is 19.4 Å². The molecule has 2 aromatic rings. The Morgan fingerprint density at radius 2 is 2.24 bits per heavy atom. The van der Waals surface area contributed by atoms with Crippen LogP contribution in [-0.2, 0) is 11.2 Å². The molecule has 0 unspecified atom stereocenters. The lowest BCUT2D eigenvalue weighted by molar-refractivity contribution is -0.136. The van der Waals surface area contributed by atoms with Crippen LogP contribution in [0.25, 0.3) is 0 Å². The van der Waals surface area contributed by atoms with Crippen molar-refractivity contribution in [1.82, 2.24) is 14.5 Å². The van der Waals surface area contributed by atoms with Crippen LogP contribution in [0.5, 0.6) is 5.75 Å². The van der Waals surface area contributed by atoms with Gasteiger partial charge in [0.25, 0.3) is 0 Å². The van der Waals surface area contributed by atoms with Gasteiger partial charge in [-0.2, -0.15) is 0 Å². The fourth-order valence-corrected chi connectivity index (χ4v) is 2.68. The van der Waals surface area contributed by atoms with Crippen molar-refractivity contribution in [3.05, 3.63) is 48.0 Å². The molecule has 1 aliphatic heterocycles. The first-order valence-electron chi connectivity index (χ1n) is 7.07. The van der Waals surface area contributed by atoms with E-state index >= 15 is 0 Å². The van der Waals surface area contributed by atoms with Crippen LogP contribution in [0.2, 0.25) is 0 Å². The predicted molar refractivity (Wildman–Crippen MR) is 79.3 cm³/mol. The zero-order chi connectivity index (χ0) is 14.8. The maximum absolute atomic E-state index is 12.3. The number of nitrogens with zero attached hydrogens (tertiary/aromatic N) is 3. The number of hydrogen-bond donors (Lipinski definition) is 0. The molecule has 5 heteroatoms. The normalized spacial score (nSPS) is 14.9. The van der Waals surface area contributed by atoms with Crippen molar-refractivity contribution in [1.29, 1.82) is 0 Å². The summed E-state index contributed by atoms with van der Waals surface area (Å²) in [4.78, 5) is 18.4. The molecule has 0 radical (unpaired) electrons. The van der Waals surface area contributed by atoms with Gasteiger partial charge in [-0.3, -0.25) is 4.79 Å². The lowest BCUT2D eigenvalue weighted by Crippen LogP contribution is -2.51. The maximum atomic E-state index is 12.3. The number of aryl methyl sites for hydroxylation is 1. The number of imidazole rings is 1. The Labute approximate surface area is 124 Å². The molecule has 0 bridgehead atoms. The van der Waals surface area contributed by atoms with E-state index in [1.807, 2.05) is 42.3 Å². The highest BCUT2D eigenvalue weighted by atomic mass is 16.5. The fourth-order valence-electron chi connectivity index (χ4n) is 2.68. The first-order valence-corrected chi connectivity index (χ1v) is 7.07. The summed E-state index contributed by atoms with van der Waals surface area (Å²) >= 11 is 0. The van der Waals surface area contributed by atoms with Crippen molar-refractivity contribution in [3.8, 4) is 5.75 Å². The van der Waals surface area contributed by atoms with E-state index in [-0.39, 0.29) is 5.91 Å². The quantitative estimate of drug-likeness (QED) is 0.861. The Bertz CT molecular complexity index is 644. The third-order valence-corrected chi connectivity index (χ3v) is 3.96. The Hall–Kier alpha value is -2.30. The maximum Gasteiger partial charge on any atom is 0.227 e. The van der Waals surface area contributed by atoms with E-state index in [0.717, 1.165) is 30.2 Å². The average molecular weight is 285 g/mol. The Morgan fingerprint density at radius 3 is 2.90 bits per heavy atom. The summed E-state index contributed by atoms with van der Waals surface area (Å²) in [5.74, 6) is 1.95. The number of likely N-dealkylation sites (tertiary alicyclic amines) is 1. The number of hydrogen-bond acceptors (Lipinski definition) is 3. The summed E-state index contributed by atoms with van der Waals surface area (Å²) in [6, 6.07) is 8.03. The summed E-state index contributed by atoms with van der Waals surface area (Å²) in [7, 11) is 1.63. The summed E-state index contributed by atoms with van der Waals surface area (Å²) in [5.41, 5.74) is 0.988. The van der Waals surface area contributed by atoms with E-state index in [1.54, 1.807) is 13.3 Å². The number of aromatic nitrogens is 2. The minimum Gasteiger partial charge on any atom is -0.497 e. The third-order valence-electron chi connectivity index (χ3n) is 3.96. The molecule has 3 rings (SSSR count). The van der Waals surface area contributed by atoms with E-state index in [1.165, 1.54) is 0 Å². The SMILES string of the molecule is COc1cccc(CC(=O)N2CC(n3ccnc3C)C2)c1. The molecule has 1 saturated heterocycles. The number of rotatable bonds is 4. The molecule has 0 aliphatic carbocycles. The van der Waals surface area contributed by atoms with Crippen LogP contribution < -0.4 is 4.74 Å². The van der Waals surface area contributed by atoms with Gasteiger partial charge in [0.05, 0.1) is 19.6 Å². The van der Waals surface area contributed by atoms with Crippen molar-refractivity contribution < 1.29 is 9.53 Å². The molecule has 110 valence electrons. The minimum absolute atomic E-state index is 0.164. The van der Waals surface area contributed by atoms with Crippen LogP contribution in [0.15, 0.2) is 36.7 Å². The fraction of sp³-hybridized carbons (Fsp3) is 0.375. The topological polar surface area (TPSA) is 47.4 Å². The van der Waals surface area contributed by atoms with Crippen LogP contribution in [0.3, 0.4) is 0 Å². The standard InChI is InChI=1S/C16H19N3O2/c1-12-17-6-7-19(12)14-10-18(11-14)16(20)9-13-4-3-5-15(8-13)21-2/h3-8,14H,9-11H2,1-2H3. The highest BCUT2D eigenvalue weighted by Gasteiger charge is 2.32. The number of benzene rings is 1. The third kappa shape index (κ3) is 2.77. The highest BCUT2D eigenvalue weighted by molar-refractivity contribution is 5.79. The number of methoxy groups -OCH3 is 1. The average Bonchev–Trinajstić information content (AvgIpc) is 2.84. The van der Waals surface area contributed by atoms with Crippen LogP contribution >= 0.6 is 0 Å². The van der Waals surface area contributed by atoms with Crippen LogP contribution in [0.4, 0.5) is 0 Å². The van der Waals surface area contributed by atoms with Crippen molar-refractivity contribution >= 4 is 5.91 Å². The van der Waals surface area contributed by atoms with E-state index in [2.05, 4.69) is 9.55 Å². The van der Waals surface area contributed by atoms with Gasteiger partial charge in [0.2, 0.25) is 5.91 Å². The number of amides is 1. The Morgan fingerprint density at radius 1 is 1.43 bits per heavy atom. The first-order chi connectivity index (χ1) is 10.2. The zero-order valence-corrected chi connectivity index (χ0v) is 12.3. The molecule has 1 fully saturated rings. The Kier molecular flexibility index (Phi) is 3.64. The molecule has 1 aromatic carbocycles. The van der Waals surface area contributed by atoms with Gasteiger partial charge in [0, 0.05) is 25.5 Å². The summed E-state index contributed by atoms with van der Waals surface area (Å²) in [6.45, 7) is 3.51. The molecule has 0 atom stereocenters. The predicted octanol–water partition coefficient (Wildman–Crippen LogP) is 1.83. The molecule has 2 heterocycles. The summed E-state index contributed by atoms with van der Waals surface area (Å²) < 4.78 is 7.32. The van der Waals surface area contributed by atoms with Crippen LogP contribution in [0, 0.1) is 6.92 Å². The van der Waals surface area contributed by atoms with E-state index < -0.39 is 0 Å². The molecule has 0 saturated carbocycles. The molecular formula is C16H19N3O2. The second-order valence-electron chi connectivity index (χ2n) is 5.36. The molecule has 1 aliphatic rings. The van der Waals surface area contributed by atoms with E-state index in [9.17, 15) is 4.79 Å². The molecule has 1 amide bonds. The van der Waals surface area contributed by atoms with Gasteiger partial charge in [0.15, 0.2) is 0 Å². The summed E-state index contributed by atoms with van der Waals surface area (Å²) in [6.07, 6.45) is 4.20. The van der Waals surface area contributed by atoms with Crippen LogP contribution in [0.1, 0.15) is 17.4 Å². The van der Waals surface area contributed by atoms with E-state index in [0.29, 0.717) is 12.5 Å². The van der Waals surface area contributed by atoms with Gasteiger partial charge in [-0.15, -0.1) is 0 Å². The van der Waals surface area contributed by atoms with Gasteiger partial charge >= 0.3 is 0 Å². The largest absolute Gasteiger partial charge is 0.497 e. The molecular weight excluding hydrogens is 266 g/mol. The second kappa shape index (κ2) is 5.60. The Balaban J connectivity index is 1.57. The van der Waals surface area contributed by atoms with Crippen LogP contribution in [-0.4, -0.2) is 40.6 Å². The van der Waals surface area contributed by atoms with Gasteiger partial charge in [0.1, 0.15) is 11.6 Å². The molecule has 0 N–H and O–H groups in total. The van der Waals surface area contributed by atoms with Gasteiger partial charge in [-0.05, 0) is 24.6 Å². The molecule has 5 nitrogen and oxygen atoms in total. The first kappa shape index (κ1) is 13.7. The number of ether oxygens (including phenoxy) is 1. The lowest BCUT2D eigenvalue weighted by Gasteiger charge is -2.40. The molecule has 21 heavy (non-hydrogen) atoms. The van der Waals surface area contributed by atoms with Crippen molar-refractivity contribution in [2.75, 3.05) is 20.2 Å². The molecule has 1 aromatic heterocycles. The monoisotopic (exact) mass is 285 g/mol. The van der Waals surface area contributed by atoms with Gasteiger partial charge < -0.3 is 14.2 Å². The highest BCUT2D eigenvalue weighted by Crippen LogP contribution is 2.23. The minimum atomic E-state index is 0.164. The lowest BCUT2D eigenvalue weighted by atomic mass is 10.1. The van der Waals surface area contributed by atoms with Crippen molar-refractivity contribution in [2.24, 2.45) is 0 Å². The van der Waals surface area contributed by atoms with Crippen molar-refractivity contribution in [3.63, 3.8) is 0 Å². The molecule has 0 spiro atoms.